The Morgan fingerprint density at radius 3 is 2.32 bits per heavy atom. The van der Waals surface area contributed by atoms with Crippen molar-refractivity contribution in [3.63, 3.8) is 0 Å². The number of aromatic nitrogens is 2. The molecule has 0 N–H and O–H groups in total. The smallest absolute Gasteiger partial charge is 0.266 e. The molecule has 140 valence electrons. The van der Waals surface area contributed by atoms with Gasteiger partial charge < -0.3 is 4.74 Å². The zero-order valence-corrected chi connectivity index (χ0v) is 16.4. The Balaban J connectivity index is 1.75. The van der Waals surface area contributed by atoms with Crippen LogP contribution < -0.4 is 10.3 Å². The maximum Gasteiger partial charge on any atom is 0.266 e. The van der Waals surface area contributed by atoms with Crippen LogP contribution in [0.5, 0.6) is 11.5 Å². The summed E-state index contributed by atoms with van der Waals surface area (Å²) in [7, 11) is 0. The molecule has 28 heavy (non-hydrogen) atoms. The standard InChI is InChI=1S/C23H20N2O2S/c1-2-16-28-23-24-21-11-7-6-10-20(21)22(26)25(23)17-12-14-19(15-13-17)27-18-8-4-3-5-9-18/h3-15H,2,16H2,1H3. The van der Waals surface area contributed by atoms with Gasteiger partial charge in [0.15, 0.2) is 5.16 Å². The lowest BCUT2D eigenvalue weighted by atomic mass is 10.2. The van der Waals surface area contributed by atoms with E-state index in [1.165, 1.54) is 0 Å². The van der Waals surface area contributed by atoms with E-state index in [1.54, 1.807) is 16.3 Å². The van der Waals surface area contributed by atoms with E-state index in [9.17, 15) is 4.79 Å². The van der Waals surface area contributed by atoms with Crippen molar-refractivity contribution < 1.29 is 4.74 Å². The summed E-state index contributed by atoms with van der Waals surface area (Å²) in [5.74, 6) is 2.40. The Morgan fingerprint density at radius 2 is 1.57 bits per heavy atom. The molecular weight excluding hydrogens is 368 g/mol. The van der Waals surface area contributed by atoms with Crippen LogP contribution in [0.3, 0.4) is 0 Å². The lowest BCUT2D eigenvalue weighted by molar-refractivity contribution is 0.482. The van der Waals surface area contributed by atoms with Gasteiger partial charge in [-0.25, -0.2) is 4.98 Å². The summed E-state index contributed by atoms with van der Waals surface area (Å²) in [4.78, 5) is 17.9. The molecule has 0 spiro atoms. The lowest BCUT2D eigenvalue weighted by Crippen LogP contribution is -2.21. The zero-order valence-electron chi connectivity index (χ0n) is 15.5. The van der Waals surface area contributed by atoms with Gasteiger partial charge in [-0.3, -0.25) is 9.36 Å². The highest BCUT2D eigenvalue weighted by Gasteiger charge is 2.13. The van der Waals surface area contributed by atoms with Crippen LogP contribution in [0.15, 0.2) is 88.8 Å². The number of hydrogen-bond donors (Lipinski definition) is 0. The van der Waals surface area contributed by atoms with Gasteiger partial charge in [-0.15, -0.1) is 0 Å². The van der Waals surface area contributed by atoms with Gasteiger partial charge in [0.2, 0.25) is 0 Å². The summed E-state index contributed by atoms with van der Waals surface area (Å²) in [5.41, 5.74) is 1.45. The van der Waals surface area contributed by atoms with Crippen LogP contribution in [-0.2, 0) is 0 Å². The van der Waals surface area contributed by atoms with Crippen LogP contribution >= 0.6 is 11.8 Å². The summed E-state index contributed by atoms with van der Waals surface area (Å²) in [6.07, 6.45) is 1.01. The molecule has 4 nitrogen and oxygen atoms in total. The fourth-order valence-electron chi connectivity index (χ4n) is 2.92. The van der Waals surface area contributed by atoms with E-state index in [1.807, 2.05) is 78.9 Å². The van der Waals surface area contributed by atoms with E-state index in [2.05, 4.69) is 6.92 Å². The molecule has 0 bridgehead atoms. The first kappa shape index (κ1) is 18.3. The van der Waals surface area contributed by atoms with Crippen molar-refractivity contribution in [1.29, 1.82) is 0 Å². The van der Waals surface area contributed by atoms with Crippen LogP contribution in [0.2, 0.25) is 0 Å². The van der Waals surface area contributed by atoms with E-state index in [0.717, 1.165) is 34.9 Å². The fraction of sp³-hybridized carbons (Fsp3) is 0.130. The van der Waals surface area contributed by atoms with Gasteiger partial charge in [0, 0.05) is 5.75 Å². The molecule has 5 heteroatoms. The first-order valence-electron chi connectivity index (χ1n) is 9.24. The van der Waals surface area contributed by atoms with Crippen molar-refractivity contribution in [2.24, 2.45) is 0 Å². The molecule has 1 aromatic heterocycles. The minimum absolute atomic E-state index is 0.0547. The van der Waals surface area contributed by atoms with Crippen molar-refractivity contribution in [2.45, 2.75) is 18.5 Å². The molecule has 0 saturated carbocycles. The summed E-state index contributed by atoms with van der Waals surface area (Å²) < 4.78 is 7.55. The molecule has 3 aromatic carbocycles. The van der Waals surface area contributed by atoms with E-state index in [-0.39, 0.29) is 5.56 Å². The third-order valence-electron chi connectivity index (χ3n) is 4.25. The second kappa shape index (κ2) is 8.31. The number of fused-ring (bicyclic) bond motifs is 1. The van der Waals surface area contributed by atoms with E-state index in [0.29, 0.717) is 10.5 Å². The van der Waals surface area contributed by atoms with Gasteiger partial charge in [0.25, 0.3) is 5.56 Å². The molecule has 0 fully saturated rings. The number of ether oxygens (including phenoxy) is 1. The number of rotatable bonds is 6. The van der Waals surface area contributed by atoms with Crippen molar-refractivity contribution in [3.8, 4) is 17.2 Å². The first-order valence-corrected chi connectivity index (χ1v) is 10.2. The quantitative estimate of drug-likeness (QED) is 0.315. The van der Waals surface area contributed by atoms with E-state index < -0.39 is 0 Å². The predicted octanol–water partition coefficient (Wildman–Crippen LogP) is 5.68. The second-order valence-corrected chi connectivity index (χ2v) is 7.37. The van der Waals surface area contributed by atoms with Crippen molar-refractivity contribution in [1.82, 2.24) is 9.55 Å². The number of para-hydroxylation sites is 2. The van der Waals surface area contributed by atoms with Gasteiger partial charge in [0.1, 0.15) is 11.5 Å². The van der Waals surface area contributed by atoms with Crippen LogP contribution in [0.4, 0.5) is 0 Å². The molecule has 4 aromatic rings. The normalized spacial score (nSPS) is 10.9. The van der Waals surface area contributed by atoms with Crippen LogP contribution in [0.25, 0.3) is 16.6 Å². The molecule has 0 aliphatic heterocycles. The number of hydrogen-bond acceptors (Lipinski definition) is 4. The lowest BCUT2D eigenvalue weighted by Gasteiger charge is -2.13. The SMILES string of the molecule is CCCSc1nc2ccccc2c(=O)n1-c1ccc(Oc2ccccc2)cc1. The van der Waals surface area contributed by atoms with Crippen LogP contribution in [0.1, 0.15) is 13.3 Å². The highest BCUT2D eigenvalue weighted by molar-refractivity contribution is 7.99. The molecule has 0 saturated heterocycles. The maximum atomic E-state index is 13.2. The number of nitrogens with zero attached hydrogens (tertiary/aromatic N) is 2. The molecule has 0 aliphatic rings. The minimum Gasteiger partial charge on any atom is -0.457 e. The Labute approximate surface area is 167 Å². The van der Waals surface area contributed by atoms with Crippen LogP contribution in [0, 0.1) is 0 Å². The Kier molecular flexibility index (Phi) is 5.44. The van der Waals surface area contributed by atoms with E-state index in [4.69, 9.17) is 9.72 Å². The fourth-order valence-corrected chi connectivity index (χ4v) is 3.79. The molecule has 1 heterocycles. The first-order chi connectivity index (χ1) is 13.8. The molecule has 0 amide bonds. The second-order valence-electron chi connectivity index (χ2n) is 6.31. The Bertz CT molecular complexity index is 1140. The molecular formula is C23H20N2O2S. The largest absolute Gasteiger partial charge is 0.457 e. The summed E-state index contributed by atoms with van der Waals surface area (Å²) in [5, 5.41) is 1.33. The number of thioether (sulfide) groups is 1. The van der Waals surface area contributed by atoms with E-state index >= 15 is 0 Å². The van der Waals surface area contributed by atoms with Gasteiger partial charge >= 0.3 is 0 Å². The summed E-state index contributed by atoms with van der Waals surface area (Å²) in [6, 6.07) is 24.6. The zero-order chi connectivity index (χ0) is 19.3. The Hall–Kier alpha value is -3.05. The Morgan fingerprint density at radius 1 is 0.893 bits per heavy atom. The monoisotopic (exact) mass is 388 g/mol. The van der Waals surface area contributed by atoms with Crippen molar-refractivity contribution in [2.75, 3.05) is 5.75 Å². The maximum absolute atomic E-state index is 13.2. The topological polar surface area (TPSA) is 44.1 Å². The molecule has 0 radical (unpaired) electrons. The van der Waals surface area contributed by atoms with Crippen LogP contribution in [-0.4, -0.2) is 15.3 Å². The van der Waals surface area contributed by atoms with Gasteiger partial charge in [-0.1, -0.05) is 49.0 Å². The van der Waals surface area contributed by atoms with Gasteiger partial charge in [-0.2, -0.15) is 0 Å². The van der Waals surface area contributed by atoms with Crippen molar-refractivity contribution >= 4 is 22.7 Å². The summed E-state index contributed by atoms with van der Waals surface area (Å²) >= 11 is 1.60. The van der Waals surface area contributed by atoms with Gasteiger partial charge in [0.05, 0.1) is 16.6 Å². The highest BCUT2D eigenvalue weighted by atomic mass is 32.2. The molecule has 0 unspecified atom stereocenters. The van der Waals surface area contributed by atoms with Crippen molar-refractivity contribution in [3.05, 3.63) is 89.2 Å². The molecule has 0 atom stereocenters. The predicted molar refractivity (Wildman–Crippen MR) is 115 cm³/mol. The summed E-state index contributed by atoms with van der Waals surface area (Å²) in [6.45, 7) is 2.12. The third-order valence-corrected chi connectivity index (χ3v) is 5.40. The average molecular weight is 388 g/mol. The highest BCUT2D eigenvalue weighted by Crippen LogP contribution is 2.25. The molecule has 4 rings (SSSR count). The minimum atomic E-state index is -0.0547. The molecule has 0 aliphatic carbocycles. The third kappa shape index (κ3) is 3.80. The number of benzene rings is 3. The average Bonchev–Trinajstić information content (AvgIpc) is 2.74. The van der Waals surface area contributed by atoms with Gasteiger partial charge in [-0.05, 0) is 55.0 Å².